The molecule has 0 amide bonds. The molecule has 0 bridgehead atoms. The van der Waals surface area contributed by atoms with Gasteiger partial charge in [-0.2, -0.15) is 0 Å². The standard InChI is InChI=1S/C28H18N2/c1-2-8-19-17-20(14-13-18(19)7-1)30-26-12-6-4-10-22(26)24-16-15-23-21-9-3-5-11-25(21)29-27(23)28(24)30/h1-17,29H. The Kier molecular flexibility index (Phi) is 3.03. The summed E-state index contributed by atoms with van der Waals surface area (Å²) >= 11 is 0. The van der Waals surface area contributed by atoms with Crippen LogP contribution in [0.1, 0.15) is 0 Å². The normalized spacial score (nSPS) is 12.0. The smallest absolute Gasteiger partial charge is 0.0783 e. The zero-order valence-corrected chi connectivity index (χ0v) is 16.3. The van der Waals surface area contributed by atoms with Crippen LogP contribution in [-0.4, -0.2) is 9.55 Å². The van der Waals surface area contributed by atoms with E-state index in [4.69, 9.17) is 0 Å². The molecule has 140 valence electrons. The van der Waals surface area contributed by atoms with Crippen molar-refractivity contribution in [2.75, 3.05) is 0 Å². The van der Waals surface area contributed by atoms with Gasteiger partial charge in [0.05, 0.1) is 16.6 Å². The highest BCUT2D eigenvalue weighted by Crippen LogP contribution is 2.38. The summed E-state index contributed by atoms with van der Waals surface area (Å²) < 4.78 is 2.41. The Morgan fingerprint density at radius 1 is 0.533 bits per heavy atom. The van der Waals surface area contributed by atoms with Crippen molar-refractivity contribution in [3.63, 3.8) is 0 Å². The van der Waals surface area contributed by atoms with Gasteiger partial charge in [-0.05, 0) is 35.0 Å². The fourth-order valence-corrected chi connectivity index (χ4v) is 4.95. The molecule has 2 heterocycles. The Labute approximate surface area is 173 Å². The van der Waals surface area contributed by atoms with Gasteiger partial charge in [0.1, 0.15) is 0 Å². The van der Waals surface area contributed by atoms with Crippen LogP contribution < -0.4 is 0 Å². The van der Waals surface area contributed by atoms with Gasteiger partial charge >= 0.3 is 0 Å². The summed E-state index contributed by atoms with van der Waals surface area (Å²) in [5, 5.41) is 7.61. The van der Waals surface area contributed by atoms with E-state index < -0.39 is 0 Å². The molecule has 0 radical (unpaired) electrons. The summed E-state index contributed by atoms with van der Waals surface area (Å²) in [6, 6.07) is 37.1. The van der Waals surface area contributed by atoms with E-state index in [-0.39, 0.29) is 0 Å². The quantitative estimate of drug-likeness (QED) is 0.302. The average molecular weight is 382 g/mol. The lowest BCUT2D eigenvalue weighted by Gasteiger charge is -2.10. The first kappa shape index (κ1) is 15.8. The third kappa shape index (κ3) is 2.03. The second-order valence-corrected chi connectivity index (χ2v) is 7.94. The lowest BCUT2D eigenvalue weighted by molar-refractivity contribution is 1.19. The van der Waals surface area contributed by atoms with Crippen LogP contribution in [0.3, 0.4) is 0 Å². The van der Waals surface area contributed by atoms with Crippen LogP contribution in [0.2, 0.25) is 0 Å². The second-order valence-electron chi connectivity index (χ2n) is 7.94. The number of nitrogens with one attached hydrogen (secondary N) is 1. The van der Waals surface area contributed by atoms with Gasteiger partial charge in [-0.3, -0.25) is 0 Å². The summed E-state index contributed by atoms with van der Waals surface area (Å²) in [6.45, 7) is 0. The van der Waals surface area contributed by atoms with E-state index in [1.165, 1.54) is 60.1 Å². The van der Waals surface area contributed by atoms with Crippen molar-refractivity contribution in [1.29, 1.82) is 0 Å². The molecular formula is C28H18N2. The number of aromatic amines is 1. The molecule has 5 aromatic carbocycles. The fourth-order valence-electron chi connectivity index (χ4n) is 4.95. The minimum absolute atomic E-state index is 1.18. The van der Waals surface area contributed by atoms with E-state index in [1.807, 2.05) is 0 Å². The maximum absolute atomic E-state index is 3.71. The predicted octanol–water partition coefficient (Wildman–Crippen LogP) is 7.57. The minimum Gasteiger partial charge on any atom is -0.353 e. The molecule has 2 heteroatoms. The Balaban J connectivity index is 1.71. The molecular weight excluding hydrogens is 364 g/mol. The summed E-state index contributed by atoms with van der Waals surface area (Å²) in [4.78, 5) is 3.71. The van der Waals surface area contributed by atoms with Crippen LogP contribution in [0.5, 0.6) is 0 Å². The zero-order chi connectivity index (χ0) is 19.7. The fraction of sp³-hybridized carbons (Fsp3) is 0. The lowest BCUT2D eigenvalue weighted by Crippen LogP contribution is -1.94. The van der Waals surface area contributed by atoms with Gasteiger partial charge in [0, 0.05) is 32.7 Å². The maximum Gasteiger partial charge on any atom is 0.0783 e. The summed E-state index contributed by atoms with van der Waals surface area (Å²) in [7, 11) is 0. The first-order valence-electron chi connectivity index (χ1n) is 10.3. The number of fused-ring (bicyclic) bond motifs is 8. The van der Waals surface area contributed by atoms with Crippen molar-refractivity contribution in [2.45, 2.75) is 0 Å². The van der Waals surface area contributed by atoms with E-state index in [2.05, 4.69) is 113 Å². The van der Waals surface area contributed by atoms with Crippen LogP contribution in [-0.2, 0) is 0 Å². The van der Waals surface area contributed by atoms with Crippen molar-refractivity contribution in [2.24, 2.45) is 0 Å². The number of hydrogen-bond acceptors (Lipinski definition) is 0. The molecule has 0 unspecified atom stereocenters. The molecule has 30 heavy (non-hydrogen) atoms. The molecule has 7 aromatic rings. The molecule has 2 aromatic heterocycles. The van der Waals surface area contributed by atoms with E-state index in [0.29, 0.717) is 0 Å². The summed E-state index contributed by atoms with van der Waals surface area (Å²) in [5.74, 6) is 0. The molecule has 0 aliphatic rings. The third-order valence-corrected chi connectivity index (χ3v) is 6.30. The van der Waals surface area contributed by atoms with Crippen LogP contribution in [0.15, 0.2) is 103 Å². The first-order chi connectivity index (χ1) is 14.9. The predicted molar refractivity (Wildman–Crippen MR) is 128 cm³/mol. The number of H-pyrrole nitrogens is 1. The van der Waals surface area contributed by atoms with Crippen molar-refractivity contribution < 1.29 is 0 Å². The second kappa shape index (κ2) is 5.74. The van der Waals surface area contributed by atoms with Gasteiger partial charge in [-0.15, -0.1) is 0 Å². The Hall–Kier alpha value is -4.04. The van der Waals surface area contributed by atoms with Crippen molar-refractivity contribution in [1.82, 2.24) is 9.55 Å². The highest BCUT2D eigenvalue weighted by atomic mass is 15.0. The molecule has 0 saturated heterocycles. The van der Waals surface area contributed by atoms with Crippen molar-refractivity contribution in [3.8, 4) is 5.69 Å². The van der Waals surface area contributed by atoms with E-state index in [0.717, 1.165) is 0 Å². The van der Waals surface area contributed by atoms with Crippen molar-refractivity contribution >= 4 is 54.4 Å². The highest BCUT2D eigenvalue weighted by Gasteiger charge is 2.17. The molecule has 2 nitrogen and oxygen atoms in total. The SMILES string of the molecule is c1ccc2cc(-n3c4ccccc4c4ccc5c6ccccc6[nH]c5c43)ccc2c1. The molecule has 0 saturated carbocycles. The third-order valence-electron chi connectivity index (χ3n) is 6.30. The molecule has 0 aliphatic carbocycles. The number of rotatable bonds is 1. The summed E-state index contributed by atoms with van der Waals surface area (Å²) in [5.41, 5.74) is 6.02. The number of hydrogen-bond donors (Lipinski definition) is 1. The molecule has 0 fully saturated rings. The van der Waals surface area contributed by atoms with Crippen LogP contribution in [0.4, 0.5) is 0 Å². The number of para-hydroxylation sites is 2. The number of aromatic nitrogens is 2. The summed E-state index contributed by atoms with van der Waals surface area (Å²) in [6.07, 6.45) is 0. The van der Waals surface area contributed by atoms with E-state index in [9.17, 15) is 0 Å². The van der Waals surface area contributed by atoms with Gasteiger partial charge in [-0.25, -0.2) is 0 Å². The Morgan fingerprint density at radius 2 is 1.27 bits per heavy atom. The van der Waals surface area contributed by atoms with Gasteiger partial charge in [0.15, 0.2) is 0 Å². The van der Waals surface area contributed by atoms with Crippen LogP contribution in [0, 0.1) is 0 Å². The van der Waals surface area contributed by atoms with E-state index >= 15 is 0 Å². The monoisotopic (exact) mass is 382 g/mol. The molecule has 7 rings (SSSR count). The lowest BCUT2D eigenvalue weighted by atomic mass is 10.1. The zero-order valence-electron chi connectivity index (χ0n) is 16.3. The van der Waals surface area contributed by atoms with Gasteiger partial charge < -0.3 is 9.55 Å². The van der Waals surface area contributed by atoms with Gasteiger partial charge in [-0.1, -0.05) is 78.9 Å². The van der Waals surface area contributed by atoms with Crippen molar-refractivity contribution in [3.05, 3.63) is 103 Å². The molecule has 0 atom stereocenters. The topological polar surface area (TPSA) is 20.7 Å². The van der Waals surface area contributed by atoms with Crippen LogP contribution in [0.25, 0.3) is 60.1 Å². The highest BCUT2D eigenvalue weighted by molar-refractivity contribution is 6.22. The van der Waals surface area contributed by atoms with E-state index in [1.54, 1.807) is 0 Å². The minimum atomic E-state index is 1.18. The van der Waals surface area contributed by atoms with Crippen LogP contribution >= 0.6 is 0 Å². The molecule has 0 spiro atoms. The Bertz CT molecular complexity index is 1750. The van der Waals surface area contributed by atoms with Gasteiger partial charge in [0.2, 0.25) is 0 Å². The first-order valence-corrected chi connectivity index (χ1v) is 10.3. The molecule has 0 aliphatic heterocycles. The average Bonchev–Trinajstić information content (AvgIpc) is 3.34. The largest absolute Gasteiger partial charge is 0.353 e. The number of nitrogens with zero attached hydrogens (tertiary/aromatic N) is 1. The Morgan fingerprint density at radius 3 is 2.20 bits per heavy atom. The number of benzene rings is 5. The van der Waals surface area contributed by atoms with Gasteiger partial charge in [0.25, 0.3) is 0 Å². The maximum atomic E-state index is 3.71. The molecule has 1 N–H and O–H groups in total.